The molecular formula is C28H34N2O5. The number of amides is 2. The first-order valence-electron chi connectivity index (χ1n) is 12.4. The van der Waals surface area contributed by atoms with Crippen LogP contribution in [-0.4, -0.2) is 41.8 Å². The van der Waals surface area contributed by atoms with E-state index in [0.717, 1.165) is 24.0 Å². The fourth-order valence-electron chi connectivity index (χ4n) is 5.42. The summed E-state index contributed by atoms with van der Waals surface area (Å²) in [5.74, 6) is -1.06. The Balaban J connectivity index is 1.39. The summed E-state index contributed by atoms with van der Waals surface area (Å²) in [6.45, 7) is 3.91. The van der Waals surface area contributed by atoms with Gasteiger partial charge in [-0.25, -0.2) is 4.79 Å². The van der Waals surface area contributed by atoms with E-state index in [4.69, 9.17) is 9.84 Å². The topological polar surface area (TPSA) is 105 Å². The van der Waals surface area contributed by atoms with Crippen LogP contribution in [0.2, 0.25) is 0 Å². The number of carboxylic acid groups (broad SMARTS) is 1. The second-order valence-corrected chi connectivity index (χ2v) is 9.99. The van der Waals surface area contributed by atoms with Gasteiger partial charge in [0.1, 0.15) is 6.61 Å². The van der Waals surface area contributed by atoms with Crippen molar-refractivity contribution in [3.8, 4) is 11.1 Å². The Morgan fingerprint density at radius 1 is 1.06 bits per heavy atom. The predicted molar refractivity (Wildman–Crippen MR) is 133 cm³/mol. The van der Waals surface area contributed by atoms with E-state index in [2.05, 4.69) is 34.9 Å². The van der Waals surface area contributed by atoms with Gasteiger partial charge < -0.3 is 20.5 Å². The molecule has 1 saturated carbocycles. The smallest absolute Gasteiger partial charge is 0.407 e. The largest absolute Gasteiger partial charge is 0.481 e. The lowest BCUT2D eigenvalue weighted by Gasteiger charge is -2.40. The quantitative estimate of drug-likeness (QED) is 0.503. The summed E-state index contributed by atoms with van der Waals surface area (Å²) in [5.41, 5.74) is 3.87. The molecule has 7 heteroatoms. The van der Waals surface area contributed by atoms with E-state index in [-0.39, 0.29) is 36.9 Å². The molecule has 4 rings (SSSR count). The number of fused-ring (bicyclic) bond motifs is 3. The van der Waals surface area contributed by atoms with Crippen LogP contribution in [0.3, 0.4) is 0 Å². The standard InChI is InChI=1S/C28H34N2O5/c1-18(14-15-25(31)32)29-26(33)28(2)16-8-7-13-24(28)30-27(34)35-17-23-21-11-5-3-9-19(21)20-10-4-6-12-22(20)23/h3-6,9-12,18,23-24H,7-8,13-17H2,1-2H3,(H,29,33)(H,30,34)(H,31,32). The lowest BCUT2D eigenvalue weighted by molar-refractivity contribution is -0.138. The third-order valence-electron chi connectivity index (χ3n) is 7.53. The van der Waals surface area contributed by atoms with Crippen molar-refractivity contribution in [2.24, 2.45) is 5.41 Å². The van der Waals surface area contributed by atoms with Crippen LogP contribution in [0.5, 0.6) is 0 Å². The van der Waals surface area contributed by atoms with Crippen LogP contribution in [0.25, 0.3) is 11.1 Å². The van der Waals surface area contributed by atoms with Crippen molar-refractivity contribution in [2.45, 2.75) is 70.4 Å². The summed E-state index contributed by atoms with van der Waals surface area (Å²) in [4.78, 5) is 36.9. The number of alkyl carbamates (subject to hydrolysis) is 1. The summed E-state index contributed by atoms with van der Waals surface area (Å²) in [7, 11) is 0. The van der Waals surface area contributed by atoms with Crippen LogP contribution in [0, 0.1) is 5.41 Å². The molecule has 0 radical (unpaired) electrons. The molecule has 0 aliphatic heterocycles. The maximum Gasteiger partial charge on any atom is 0.407 e. The molecule has 0 bridgehead atoms. The maximum absolute atomic E-state index is 13.2. The average Bonchev–Trinajstić information content (AvgIpc) is 3.16. The Bertz CT molecular complexity index is 1050. The van der Waals surface area contributed by atoms with Gasteiger partial charge in [0.2, 0.25) is 5.91 Å². The Morgan fingerprint density at radius 2 is 1.69 bits per heavy atom. The molecule has 1 fully saturated rings. The summed E-state index contributed by atoms with van der Waals surface area (Å²) in [6, 6.07) is 15.8. The molecule has 0 spiro atoms. The molecule has 3 N–H and O–H groups in total. The number of carboxylic acids is 1. The highest BCUT2D eigenvalue weighted by molar-refractivity contribution is 5.84. The van der Waals surface area contributed by atoms with Crippen molar-refractivity contribution < 1.29 is 24.2 Å². The number of aliphatic carboxylic acids is 1. The summed E-state index contributed by atoms with van der Waals surface area (Å²) in [6.07, 6.45) is 3.01. The van der Waals surface area contributed by atoms with Crippen molar-refractivity contribution in [1.29, 1.82) is 0 Å². The fourth-order valence-corrected chi connectivity index (χ4v) is 5.42. The molecule has 2 aliphatic carbocycles. The van der Waals surface area contributed by atoms with Gasteiger partial charge in [-0.2, -0.15) is 0 Å². The molecule has 2 amide bonds. The Kier molecular flexibility index (Phi) is 7.43. The molecule has 2 aromatic carbocycles. The zero-order valence-corrected chi connectivity index (χ0v) is 20.4. The van der Waals surface area contributed by atoms with Gasteiger partial charge in [-0.05, 0) is 55.4 Å². The van der Waals surface area contributed by atoms with Crippen LogP contribution in [0.15, 0.2) is 48.5 Å². The fraction of sp³-hybridized carbons (Fsp3) is 0.464. The van der Waals surface area contributed by atoms with Gasteiger partial charge >= 0.3 is 12.1 Å². The molecule has 3 unspecified atom stereocenters. The van der Waals surface area contributed by atoms with Crippen LogP contribution < -0.4 is 10.6 Å². The van der Waals surface area contributed by atoms with Gasteiger partial charge in [0.25, 0.3) is 0 Å². The van der Waals surface area contributed by atoms with Crippen LogP contribution in [-0.2, 0) is 14.3 Å². The second-order valence-electron chi connectivity index (χ2n) is 9.99. The number of rotatable bonds is 8. The van der Waals surface area contributed by atoms with E-state index in [1.165, 1.54) is 11.1 Å². The van der Waals surface area contributed by atoms with Crippen molar-refractivity contribution in [3.05, 3.63) is 59.7 Å². The maximum atomic E-state index is 13.2. The minimum absolute atomic E-state index is 0.000407. The van der Waals surface area contributed by atoms with Crippen LogP contribution in [0.4, 0.5) is 4.79 Å². The molecule has 3 atom stereocenters. The van der Waals surface area contributed by atoms with Gasteiger partial charge in [0.05, 0.1) is 5.41 Å². The first-order valence-corrected chi connectivity index (χ1v) is 12.4. The molecular weight excluding hydrogens is 444 g/mol. The third-order valence-corrected chi connectivity index (χ3v) is 7.53. The van der Waals surface area contributed by atoms with Gasteiger partial charge in [0.15, 0.2) is 0 Å². The third kappa shape index (κ3) is 5.34. The normalized spacial score (nSPS) is 21.9. The van der Waals surface area contributed by atoms with Crippen molar-refractivity contribution >= 4 is 18.0 Å². The van der Waals surface area contributed by atoms with Gasteiger partial charge in [-0.3, -0.25) is 9.59 Å². The number of hydrogen-bond donors (Lipinski definition) is 3. The number of benzene rings is 2. The van der Waals surface area contributed by atoms with Gasteiger partial charge in [0, 0.05) is 24.4 Å². The van der Waals surface area contributed by atoms with Crippen LogP contribution in [0.1, 0.15) is 69.4 Å². The Hall–Kier alpha value is -3.35. The highest BCUT2D eigenvalue weighted by Crippen LogP contribution is 2.44. The molecule has 35 heavy (non-hydrogen) atoms. The molecule has 2 aromatic rings. The van der Waals surface area contributed by atoms with E-state index < -0.39 is 17.5 Å². The average molecular weight is 479 g/mol. The molecule has 2 aliphatic rings. The summed E-state index contributed by atoms with van der Waals surface area (Å²) < 4.78 is 5.71. The highest BCUT2D eigenvalue weighted by Gasteiger charge is 2.44. The predicted octanol–water partition coefficient (Wildman–Crippen LogP) is 4.84. The van der Waals surface area contributed by atoms with Crippen molar-refractivity contribution in [1.82, 2.24) is 10.6 Å². The van der Waals surface area contributed by atoms with Crippen molar-refractivity contribution in [3.63, 3.8) is 0 Å². The minimum atomic E-state index is -0.884. The van der Waals surface area contributed by atoms with E-state index in [9.17, 15) is 14.4 Å². The number of carbonyl (C=O) groups excluding carboxylic acids is 2. The first-order chi connectivity index (χ1) is 16.8. The number of hydrogen-bond acceptors (Lipinski definition) is 4. The Morgan fingerprint density at radius 3 is 2.31 bits per heavy atom. The molecule has 0 saturated heterocycles. The van der Waals surface area contributed by atoms with Gasteiger partial charge in [-0.15, -0.1) is 0 Å². The first kappa shape index (κ1) is 24.8. The zero-order chi connectivity index (χ0) is 25.0. The lowest BCUT2D eigenvalue weighted by atomic mass is 9.71. The number of carbonyl (C=O) groups is 3. The number of ether oxygens (including phenoxy) is 1. The Labute approximate surface area is 206 Å². The van der Waals surface area contributed by atoms with Gasteiger partial charge in [-0.1, -0.05) is 61.4 Å². The van der Waals surface area contributed by atoms with E-state index in [1.807, 2.05) is 31.2 Å². The SMILES string of the molecule is CC(CCC(=O)O)NC(=O)C1(C)CCCCC1NC(=O)OCC1c2ccccc2-c2ccccc21. The van der Waals surface area contributed by atoms with Crippen molar-refractivity contribution in [2.75, 3.05) is 6.61 Å². The molecule has 0 heterocycles. The second kappa shape index (κ2) is 10.5. The van der Waals surface area contributed by atoms with E-state index >= 15 is 0 Å². The summed E-state index contributed by atoms with van der Waals surface area (Å²) in [5, 5.41) is 14.8. The molecule has 7 nitrogen and oxygen atoms in total. The van der Waals surface area contributed by atoms with E-state index in [0.29, 0.717) is 19.3 Å². The minimum Gasteiger partial charge on any atom is -0.481 e. The number of nitrogens with one attached hydrogen (secondary N) is 2. The molecule has 186 valence electrons. The van der Waals surface area contributed by atoms with E-state index in [1.54, 1.807) is 6.92 Å². The molecule has 0 aromatic heterocycles. The highest BCUT2D eigenvalue weighted by atomic mass is 16.5. The lowest BCUT2D eigenvalue weighted by Crippen LogP contribution is -2.56. The zero-order valence-electron chi connectivity index (χ0n) is 20.4. The van der Waals surface area contributed by atoms with Crippen LogP contribution >= 0.6 is 0 Å². The summed E-state index contributed by atoms with van der Waals surface area (Å²) >= 11 is 0. The monoisotopic (exact) mass is 478 g/mol.